The van der Waals surface area contributed by atoms with Crippen LogP contribution < -0.4 is 0 Å². The highest BCUT2D eigenvalue weighted by Crippen LogP contribution is 2.12. The summed E-state index contributed by atoms with van der Waals surface area (Å²) in [6, 6.07) is 0. The Bertz CT molecular complexity index is 334. The van der Waals surface area contributed by atoms with E-state index >= 15 is 0 Å². The lowest BCUT2D eigenvalue weighted by atomic mass is 10.1. The standard InChI is InChI=1S/C21H36IN/c1-3-5-7-9-11-13-15-17-19-21-23(22)20-18-16-14-12-10-8-6-4-2/h2H,6-21H2,1H3. The van der Waals surface area contributed by atoms with Gasteiger partial charge in [-0.15, -0.1) is 24.2 Å². The number of nitrogens with zero attached hydrogens (tertiary/aromatic N) is 1. The highest BCUT2D eigenvalue weighted by Gasteiger charge is 2.00. The minimum Gasteiger partial charge on any atom is -0.248 e. The molecule has 0 aromatic carbocycles. The quantitative estimate of drug-likeness (QED) is 0.113. The van der Waals surface area contributed by atoms with Gasteiger partial charge in [-0.05, 0) is 32.6 Å². The second-order valence-corrected chi connectivity index (χ2v) is 7.65. The lowest BCUT2D eigenvalue weighted by Crippen LogP contribution is -2.14. The summed E-state index contributed by atoms with van der Waals surface area (Å²) in [5.74, 6) is 8.82. The monoisotopic (exact) mass is 429 g/mol. The minimum atomic E-state index is 0.953. The van der Waals surface area contributed by atoms with Crippen LogP contribution in [0.2, 0.25) is 0 Å². The Kier molecular flexibility index (Phi) is 19.7. The molecular formula is C21H36IN. The Labute approximate surface area is 159 Å². The molecule has 0 N–H and O–H groups in total. The molecular weight excluding hydrogens is 393 g/mol. The van der Waals surface area contributed by atoms with Gasteiger partial charge in [0.25, 0.3) is 0 Å². The third kappa shape index (κ3) is 19.8. The molecule has 0 radical (unpaired) electrons. The molecule has 0 spiro atoms. The summed E-state index contributed by atoms with van der Waals surface area (Å²) in [7, 11) is 0. The summed E-state index contributed by atoms with van der Waals surface area (Å²) in [4.78, 5) is 0. The smallest absolute Gasteiger partial charge is 0.0201 e. The lowest BCUT2D eigenvalue weighted by Gasteiger charge is -2.13. The van der Waals surface area contributed by atoms with E-state index in [1.165, 1.54) is 90.1 Å². The van der Waals surface area contributed by atoms with Crippen molar-refractivity contribution in [1.29, 1.82) is 0 Å². The highest BCUT2D eigenvalue weighted by molar-refractivity contribution is 14.1. The van der Waals surface area contributed by atoms with Crippen molar-refractivity contribution < 1.29 is 0 Å². The predicted octanol–water partition coefficient (Wildman–Crippen LogP) is 6.76. The van der Waals surface area contributed by atoms with Crippen LogP contribution >= 0.6 is 22.9 Å². The summed E-state index contributed by atoms with van der Waals surface area (Å²) in [5, 5.41) is 0. The molecule has 0 aromatic heterocycles. The van der Waals surface area contributed by atoms with Crippen molar-refractivity contribution in [1.82, 2.24) is 3.11 Å². The first-order valence-corrected chi connectivity index (χ1v) is 10.5. The summed E-state index contributed by atoms with van der Waals surface area (Å²) < 4.78 is 2.48. The van der Waals surface area contributed by atoms with Crippen molar-refractivity contribution in [2.75, 3.05) is 13.1 Å². The molecule has 0 aliphatic heterocycles. The van der Waals surface area contributed by atoms with E-state index < -0.39 is 0 Å². The average Bonchev–Trinajstić information content (AvgIpc) is 2.56. The first-order chi connectivity index (χ1) is 11.3. The normalized spacial score (nSPS) is 10.3. The van der Waals surface area contributed by atoms with Crippen molar-refractivity contribution in [3.63, 3.8) is 0 Å². The van der Waals surface area contributed by atoms with E-state index in [1.807, 2.05) is 6.92 Å². The molecule has 0 saturated carbocycles. The van der Waals surface area contributed by atoms with Crippen molar-refractivity contribution in [3.8, 4) is 24.2 Å². The Morgan fingerprint density at radius 1 is 0.696 bits per heavy atom. The zero-order valence-electron chi connectivity index (χ0n) is 15.2. The molecule has 0 heterocycles. The third-order valence-corrected chi connectivity index (χ3v) is 5.07. The molecule has 0 aliphatic rings. The molecule has 0 aromatic rings. The fourth-order valence-corrected chi connectivity index (χ4v) is 3.34. The van der Waals surface area contributed by atoms with E-state index in [1.54, 1.807) is 0 Å². The maximum absolute atomic E-state index is 5.25. The fraction of sp³-hybridized carbons (Fsp3) is 0.810. The molecule has 0 aliphatic carbocycles. The van der Waals surface area contributed by atoms with Crippen molar-refractivity contribution in [2.45, 2.75) is 96.8 Å². The van der Waals surface area contributed by atoms with Crippen molar-refractivity contribution in [3.05, 3.63) is 0 Å². The van der Waals surface area contributed by atoms with Crippen molar-refractivity contribution in [2.24, 2.45) is 0 Å². The number of terminal acetylenes is 1. The van der Waals surface area contributed by atoms with Gasteiger partial charge in [0, 0.05) is 48.8 Å². The Hall–Kier alpha value is -0.190. The highest BCUT2D eigenvalue weighted by atomic mass is 127. The molecule has 0 rings (SSSR count). The van der Waals surface area contributed by atoms with Gasteiger partial charge >= 0.3 is 0 Å². The van der Waals surface area contributed by atoms with Gasteiger partial charge < -0.3 is 0 Å². The van der Waals surface area contributed by atoms with E-state index in [0.29, 0.717) is 0 Å². The summed E-state index contributed by atoms with van der Waals surface area (Å²) >= 11 is 2.50. The van der Waals surface area contributed by atoms with Crippen LogP contribution in [-0.2, 0) is 0 Å². The summed E-state index contributed by atoms with van der Waals surface area (Å²) in [6.07, 6.45) is 23.4. The van der Waals surface area contributed by atoms with Crippen LogP contribution in [0.4, 0.5) is 0 Å². The molecule has 23 heavy (non-hydrogen) atoms. The SMILES string of the molecule is C#CCCCCCCCCN(I)CCCCCCCCC#CC. The Balaban J connectivity index is 3.17. The molecule has 0 atom stereocenters. The first-order valence-electron chi connectivity index (χ1n) is 9.55. The van der Waals surface area contributed by atoms with Gasteiger partial charge in [-0.1, -0.05) is 51.4 Å². The predicted molar refractivity (Wildman–Crippen MR) is 113 cm³/mol. The second kappa shape index (κ2) is 19.9. The lowest BCUT2D eigenvalue weighted by molar-refractivity contribution is 0.450. The minimum absolute atomic E-state index is 0.953. The molecule has 132 valence electrons. The first kappa shape index (κ1) is 22.8. The van der Waals surface area contributed by atoms with Crippen LogP contribution in [0.5, 0.6) is 0 Å². The van der Waals surface area contributed by atoms with E-state index in [0.717, 1.165) is 12.8 Å². The molecule has 0 amide bonds. The van der Waals surface area contributed by atoms with Gasteiger partial charge in [-0.2, -0.15) is 0 Å². The molecule has 0 saturated heterocycles. The number of halogens is 1. The number of hydrogen-bond acceptors (Lipinski definition) is 1. The molecule has 0 fully saturated rings. The molecule has 1 nitrogen and oxygen atoms in total. The third-order valence-electron chi connectivity index (χ3n) is 4.10. The van der Waals surface area contributed by atoms with Gasteiger partial charge in [-0.25, -0.2) is 3.11 Å². The molecule has 0 bridgehead atoms. The van der Waals surface area contributed by atoms with E-state index in [4.69, 9.17) is 6.42 Å². The van der Waals surface area contributed by atoms with E-state index in [-0.39, 0.29) is 0 Å². The van der Waals surface area contributed by atoms with Gasteiger partial charge in [0.1, 0.15) is 0 Å². The zero-order valence-corrected chi connectivity index (χ0v) is 17.4. The topological polar surface area (TPSA) is 3.24 Å². The van der Waals surface area contributed by atoms with Gasteiger partial charge in [0.15, 0.2) is 0 Å². The largest absolute Gasteiger partial charge is 0.248 e. The molecule has 0 unspecified atom stereocenters. The average molecular weight is 429 g/mol. The van der Waals surface area contributed by atoms with Crippen LogP contribution in [0.15, 0.2) is 0 Å². The van der Waals surface area contributed by atoms with Gasteiger partial charge in [0.2, 0.25) is 0 Å². The van der Waals surface area contributed by atoms with Crippen LogP contribution in [0.25, 0.3) is 0 Å². The summed E-state index contributed by atoms with van der Waals surface area (Å²) in [6.45, 7) is 4.43. The Morgan fingerprint density at radius 2 is 1.13 bits per heavy atom. The number of rotatable bonds is 16. The van der Waals surface area contributed by atoms with E-state index in [2.05, 4.69) is 43.7 Å². The maximum Gasteiger partial charge on any atom is 0.0201 e. The van der Waals surface area contributed by atoms with Crippen molar-refractivity contribution >= 4 is 22.9 Å². The zero-order chi connectivity index (χ0) is 17.0. The number of unbranched alkanes of at least 4 members (excludes halogenated alkanes) is 12. The van der Waals surface area contributed by atoms with E-state index in [9.17, 15) is 0 Å². The van der Waals surface area contributed by atoms with Crippen LogP contribution in [0, 0.1) is 24.2 Å². The number of hydrogen-bond donors (Lipinski definition) is 0. The maximum atomic E-state index is 5.25. The van der Waals surface area contributed by atoms with Gasteiger partial charge in [0.05, 0.1) is 0 Å². The summed E-state index contributed by atoms with van der Waals surface area (Å²) in [5.41, 5.74) is 0. The Morgan fingerprint density at radius 3 is 1.61 bits per heavy atom. The van der Waals surface area contributed by atoms with Crippen LogP contribution in [0.1, 0.15) is 96.8 Å². The second-order valence-electron chi connectivity index (χ2n) is 6.28. The fourth-order valence-electron chi connectivity index (χ4n) is 2.66. The van der Waals surface area contributed by atoms with Crippen LogP contribution in [-0.4, -0.2) is 16.2 Å². The van der Waals surface area contributed by atoms with Gasteiger partial charge in [-0.3, -0.25) is 0 Å². The van der Waals surface area contributed by atoms with Crippen LogP contribution in [0.3, 0.4) is 0 Å². The molecule has 2 heteroatoms.